The summed E-state index contributed by atoms with van der Waals surface area (Å²) in [7, 11) is 0. The van der Waals surface area contributed by atoms with Gasteiger partial charge >= 0.3 is 0 Å². The Labute approximate surface area is 125 Å². The fraction of sp³-hybridized carbons (Fsp3) is 0.312. The summed E-state index contributed by atoms with van der Waals surface area (Å²) in [5.74, 6) is 0.843. The van der Waals surface area contributed by atoms with E-state index in [-0.39, 0.29) is 6.04 Å². The van der Waals surface area contributed by atoms with Gasteiger partial charge in [0.05, 0.1) is 5.69 Å². The molecule has 0 aliphatic carbocycles. The first-order valence-corrected chi connectivity index (χ1v) is 7.83. The Hall–Kier alpha value is -1.36. The van der Waals surface area contributed by atoms with Crippen LogP contribution in [-0.2, 0) is 6.54 Å². The molecule has 2 rings (SSSR count). The van der Waals surface area contributed by atoms with Crippen molar-refractivity contribution in [1.29, 1.82) is 0 Å². The highest BCUT2D eigenvalue weighted by Gasteiger charge is 2.04. The molecule has 0 saturated carbocycles. The molecule has 0 bridgehead atoms. The minimum Gasteiger partial charge on any atom is -0.311 e. The molecule has 1 aromatic carbocycles. The molecule has 2 N–H and O–H groups in total. The Balaban J connectivity index is 1.57. The Bertz CT molecular complexity index is 476. The van der Waals surface area contributed by atoms with Crippen molar-refractivity contribution in [2.24, 2.45) is 0 Å². The number of benzene rings is 1. The number of nitrogens with zero attached hydrogens (tertiary/aromatic N) is 1. The fourth-order valence-electron chi connectivity index (χ4n) is 1.79. The molecule has 0 amide bonds. The maximum atomic E-state index is 8.03. The molecule has 0 fully saturated rings. The summed E-state index contributed by atoms with van der Waals surface area (Å²) in [6, 6.07) is 16.2. The monoisotopic (exact) mass is 286 g/mol. The quantitative estimate of drug-likeness (QED) is 0.599. The van der Waals surface area contributed by atoms with Crippen molar-refractivity contribution in [3.05, 3.63) is 60.4 Å². The van der Waals surface area contributed by atoms with Crippen molar-refractivity contribution in [2.75, 3.05) is 12.3 Å². The lowest BCUT2D eigenvalue weighted by molar-refractivity contribution is 0.580. The molecule has 20 heavy (non-hydrogen) atoms. The van der Waals surface area contributed by atoms with Crippen LogP contribution in [0.2, 0.25) is 0 Å². The van der Waals surface area contributed by atoms with E-state index in [1.54, 1.807) is 18.0 Å². The summed E-state index contributed by atoms with van der Waals surface area (Å²) in [5.41, 5.74) is 9.08. The standard InChI is InChI=1S/C16H20N3S/c17-14(13-20-16-7-2-1-3-8-16)9-11-18-12-15-6-4-5-10-19-15/h1-8,10,14,17-18H,9,11-13H2/t14-/m1/s1. The summed E-state index contributed by atoms with van der Waals surface area (Å²) in [4.78, 5) is 5.50. The van der Waals surface area contributed by atoms with E-state index in [1.165, 1.54) is 4.90 Å². The molecule has 0 unspecified atom stereocenters. The van der Waals surface area contributed by atoms with E-state index < -0.39 is 0 Å². The van der Waals surface area contributed by atoms with Gasteiger partial charge in [-0.3, -0.25) is 10.7 Å². The Morgan fingerprint density at radius 1 is 1.10 bits per heavy atom. The topological polar surface area (TPSA) is 48.7 Å². The van der Waals surface area contributed by atoms with E-state index in [4.69, 9.17) is 5.73 Å². The van der Waals surface area contributed by atoms with E-state index >= 15 is 0 Å². The highest BCUT2D eigenvalue weighted by atomic mass is 32.2. The van der Waals surface area contributed by atoms with Gasteiger partial charge in [0.2, 0.25) is 0 Å². The van der Waals surface area contributed by atoms with Gasteiger partial charge in [-0.05, 0) is 37.2 Å². The van der Waals surface area contributed by atoms with Crippen molar-refractivity contribution in [1.82, 2.24) is 16.0 Å². The van der Waals surface area contributed by atoms with Crippen molar-refractivity contribution >= 4 is 11.8 Å². The minimum absolute atomic E-state index is 0.0311. The van der Waals surface area contributed by atoms with Gasteiger partial charge in [0.1, 0.15) is 0 Å². The summed E-state index contributed by atoms with van der Waals surface area (Å²) in [6.45, 7) is 1.64. The molecule has 3 nitrogen and oxygen atoms in total. The normalized spacial score (nSPS) is 12.2. The first-order valence-electron chi connectivity index (χ1n) is 6.84. The molecule has 0 aliphatic heterocycles. The molecule has 0 saturated heterocycles. The third kappa shape index (κ3) is 5.74. The zero-order chi connectivity index (χ0) is 14.0. The number of aromatic nitrogens is 1. The summed E-state index contributed by atoms with van der Waals surface area (Å²) in [6.07, 6.45) is 2.67. The van der Waals surface area contributed by atoms with Crippen LogP contribution < -0.4 is 11.1 Å². The minimum atomic E-state index is -0.0311. The van der Waals surface area contributed by atoms with E-state index in [0.29, 0.717) is 0 Å². The van der Waals surface area contributed by atoms with Gasteiger partial charge in [0, 0.05) is 29.4 Å². The largest absolute Gasteiger partial charge is 0.311 e. The molecule has 1 radical (unpaired) electrons. The molecule has 0 aliphatic rings. The number of hydrogen-bond donors (Lipinski definition) is 1. The first kappa shape index (κ1) is 15.0. The molecule has 0 spiro atoms. The second kappa shape index (κ2) is 8.74. The summed E-state index contributed by atoms with van der Waals surface area (Å²) < 4.78 is 0. The zero-order valence-electron chi connectivity index (χ0n) is 11.5. The van der Waals surface area contributed by atoms with Crippen LogP contribution in [0.25, 0.3) is 0 Å². The van der Waals surface area contributed by atoms with Crippen LogP contribution in [-0.4, -0.2) is 23.3 Å². The fourth-order valence-corrected chi connectivity index (χ4v) is 2.70. The molecular weight excluding hydrogens is 266 g/mol. The average Bonchev–Trinajstić information content (AvgIpc) is 2.52. The predicted octanol–water partition coefficient (Wildman–Crippen LogP) is 3.01. The van der Waals surface area contributed by atoms with Crippen LogP contribution in [0.15, 0.2) is 59.6 Å². The van der Waals surface area contributed by atoms with Gasteiger partial charge in [-0.1, -0.05) is 24.3 Å². The van der Waals surface area contributed by atoms with Gasteiger partial charge < -0.3 is 5.32 Å². The molecule has 1 heterocycles. The smallest absolute Gasteiger partial charge is 0.0541 e. The van der Waals surface area contributed by atoms with Crippen molar-refractivity contribution in [3.8, 4) is 0 Å². The lowest BCUT2D eigenvalue weighted by atomic mass is 10.2. The van der Waals surface area contributed by atoms with Gasteiger partial charge in [0.25, 0.3) is 0 Å². The van der Waals surface area contributed by atoms with Crippen molar-refractivity contribution in [2.45, 2.75) is 23.9 Å². The highest BCUT2D eigenvalue weighted by Crippen LogP contribution is 2.18. The molecule has 1 atom stereocenters. The molecule has 2 aromatic rings. The number of rotatable bonds is 8. The maximum absolute atomic E-state index is 8.03. The van der Waals surface area contributed by atoms with Crippen LogP contribution in [0.1, 0.15) is 12.1 Å². The van der Waals surface area contributed by atoms with Crippen LogP contribution >= 0.6 is 11.8 Å². The Morgan fingerprint density at radius 2 is 1.90 bits per heavy atom. The van der Waals surface area contributed by atoms with Crippen LogP contribution in [0.3, 0.4) is 0 Å². The van der Waals surface area contributed by atoms with Crippen molar-refractivity contribution < 1.29 is 0 Å². The zero-order valence-corrected chi connectivity index (χ0v) is 12.3. The average molecular weight is 286 g/mol. The van der Waals surface area contributed by atoms with Crippen LogP contribution in [0.4, 0.5) is 0 Å². The van der Waals surface area contributed by atoms with Crippen molar-refractivity contribution in [3.63, 3.8) is 0 Å². The van der Waals surface area contributed by atoms with Gasteiger partial charge in [-0.15, -0.1) is 11.8 Å². The second-order valence-corrected chi connectivity index (χ2v) is 5.70. The molecule has 105 valence electrons. The Kier molecular flexibility index (Phi) is 6.57. The third-order valence-corrected chi connectivity index (χ3v) is 4.07. The number of nitrogens with one attached hydrogen (secondary N) is 2. The van der Waals surface area contributed by atoms with E-state index in [2.05, 4.69) is 22.4 Å². The predicted molar refractivity (Wildman–Crippen MR) is 84.6 cm³/mol. The number of thioether (sulfide) groups is 1. The molecular formula is C16H20N3S. The first-order chi connectivity index (χ1) is 9.84. The van der Waals surface area contributed by atoms with Gasteiger partial charge in [0.15, 0.2) is 0 Å². The SMILES string of the molecule is [NH][C@H](CCNCc1ccccn1)CSc1ccccc1. The highest BCUT2D eigenvalue weighted by molar-refractivity contribution is 7.99. The van der Waals surface area contributed by atoms with Gasteiger partial charge in [-0.25, -0.2) is 0 Å². The molecule has 1 aromatic heterocycles. The van der Waals surface area contributed by atoms with E-state index in [9.17, 15) is 0 Å². The number of pyridine rings is 1. The van der Waals surface area contributed by atoms with Crippen LogP contribution in [0.5, 0.6) is 0 Å². The summed E-state index contributed by atoms with van der Waals surface area (Å²) >= 11 is 1.76. The molecule has 4 heteroatoms. The second-order valence-electron chi connectivity index (χ2n) is 4.61. The number of hydrogen-bond acceptors (Lipinski definition) is 3. The van der Waals surface area contributed by atoms with E-state index in [0.717, 1.165) is 31.0 Å². The third-order valence-electron chi connectivity index (χ3n) is 2.90. The maximum Gasteiger partial charge on any atom is 0.0541 e. The lowest BCUT2D eigenvalue weighted by Crippen LogP contribution is -2.22. The summed E-state index contributed by atoms with van der Waals surface area (Å²) in [5, 5.41) is 3.34. The Morgan fingerprint density at radius 3 is 2.65 bits per heavy atom. The van der Waals surface area contributed by atoms with Gasteiger partial charge in [-0.2, -0.15) is 0 Å². The van der Waals surface area contributed by atoms with Crippen LogP contribution in [0, 0.1) is 0 Å². The van der Waals surface area contributed by atoms with E-state index in [1.807, 2.05) is 36.4 Å². The lowest BCUT2D eigenvalue weighted by Gasteiger charge is -2.11.